The van der Waals surface area contributed by atoms with Gasteiger partial charge in [-0.05, 0) is 36.1 Å². The third-order valence-corrected chi connectivity index (χ3v) is 4.13. The van der Waals surface area contributed by atoms with E-state index in [0.717, 1.165) is 10.8 Å². The summed E-state index contributed by atoms with van der Waals surface area (Å²) in [5.41, 5.74) is 3.28. The van der Waals surface area contributed by atoms with Crippen LogP contribution in [0.4, 0.5) is 0 Å². The maximum atomic E-state index is 12.7. The Hall–Kier alpha value is -2.54. The molecular formula is C16H16N4O2S. The first-order valence-electron chi connectivity index (χ1n) is 6.98. The zero-order valence-electron chi connectivity index (χ0n) is 13.0. The lowest BCUT2D eigenvalue weighted by molar-refractivity contribution is 0.100. The van der Waals surface area contributed by atoms with Gasteiger partial charge in [-0.3, -0.25) is 10.2 Å². The molecule has 3 aromatic rings. The summed E-state index contributed by atoms with van der Waals surface area (Å²) in [6.45, 7) is 1.78. The number of hydrogen-bond acceptors (Lipinski definition) is 5. The van der Waals surface area contributed by atoms with Crippen LogP contribution in [0.2, 0.25) is 0 Å². The van der Waals surface area contributed by atoms with Gasteiger partial charge in [-0.15, -0.1) is 10.2 Å². The molecule has 1 amide bonds. The van der Waals surface area contributed by atoms with Crippen LogP contribution in [0.5, 0.6) is 5.75 Å². The van der Waals surface area contributed by atoms with Gasteiger partial charge in [0.25, 0.3) is 5.91 Å². The summed E-state index contributed by atoms with van der Waals surface area (Å²) in [7, 11) is 1.55. The number of carbonyl (C=O) groups is 1. The van der Waals surface area contributed by atoms with E-state index in [1.165, 1.54) is 11.8 Å². The third-order valence-electron chi connectivity index (χ3n) is 3.50. The molecule has 0 unspecified atom stereocenters. The topological polar surface area (TPSA) is 69.0 Å². The highest BCUT2D eigenvalue weighted by Gasteiger charge is 2.17. The Morgan fingerprint density at radius 3 is 2.57 bits per heavy atom. The van der Waals surface area contributed by atoms with Crippen molar-refractivity contribution in [2.24, 2.45) is 0 Å². The van der Waals surface area contributed by atoms with Gasteiger partial charge in [0, 0.05) is 0 Å². The average molecular weight is 328 g/mol. The molecular weight excluding hydrogens is 312 g/mol. The minimum Gasteiger partial charge on any atom is -0.496 e. The lowest BCUT2D eigenvalue weighted by Crippen LogP contribution is -2.25. The van der Waals surface area contributed by atoms with Gasteiger partial charge in [0.05, 0.1) is 12.7 Å². The second-order valence-electron chi connectivity index (χ2n) is 4.91. The second kappa shape index (κ2) is 6.29. The molecule has 0 aliphatic carbocycles. The van der Waals surface area contributed by atoms with Crippen molar-refractivity contribution >= 4 is 28.4 Å². The second-order valence-corrected chi connectivity index (χ2v) is 5.68. The number of amides is 1. The molecule has 0 radical (unpaired) electrons. The Morgan fingerprint density at radius 2 is 1.91 bits per heavy atom. The molecule has 23 heavy (non-hydrogen) atoms. The summed E-state index contributed by atoms with van der Waals surface area (Å²) >= 11 is 1.41. The Morgan fingerprint density at radius 1 is 1.22 bits per heavy atom. The van der Waals surface area contributed by atoms with Crippen molar-refractivity contribution in [2.45, 2.75) is 12.1 Å². The predicted molar refractivity (Wildman–Crippen MR) is 90.7 cm³/mol. The standard InChI is InChI=1S/C16H16N4O2S/c1-10-17-18-16(23-3)20(10)19-15(21)13-8-11-6-4-5-7-12(11)9-14(13)22-2/h4-9H,1-3H3,(H,19,21). The molecule has 6 nitrogen and oxygen atoms in total. The number of nitrogens with zero attached hydrogens (tertiary/aromatic N) is 3. The van der Waals surface area contributed by atoms with Crippen LogP contribution in [0.15, 0.2) is 41.6 Å². The van der Waals surface area contributed by atoms with Crippen LogP contribution >= 0.6 is 11.8 Å². The van der Waals surface area contributed by atoms with Crippen molar-refractivity contribution in [1.82, 2.24) is 14.9 Å². The first-order valence-corrected chi connectivity index (χ1v) is 8.20. The average Bonchev–Trinajstić information content (AvgIpc) is 2.93. The molecule has 1 N–H and O–H groups in total. The van der Waals surface area contributed by atoms with Gasteiger partial charge in [-0.1, -0.05) is 36.0 Å². The predicted octanol–water partition coefficient (Wildman–Crippen LogP) is 2.85. The van der Waals surface area contributed by atoms with Crippen LogP contribution in [-0.4, -0.2) is 34.1 Å². The number of methoxy groups -OCH3 is 1. The quantitative estimate of drug-likeness (QED) is 0.746. The molecule has 0 fully saturated rings. The van der Waals surface area contributed by atoms with E-state index >= 15 is 0 Å². The molecule has 0 aliphatic heterocycles. The van der Waals surface area contributed by atoms with E-state index in [9.17, 15) is 4.79 Å². The number of aromatic nitrogens is 3. The summed E-state index contributed by atoms with van der Waals surface area (Å²) in [5.74, 6) is 0.867. The van der Waals surface area contributed by atoms with Crippen molar-refractivity contribution in [3.63, 3.8) is 0 Å². The van der Waals surface area contributed by atoms with E-state index in [0.29, 0.717) is 22.3 Å². The minimum atomic E-state index is -0.272. The lowest BCUT2D eigenvalue weighted by Gasteiger charge is -2.13. The van der Waals surface area contributed by atoms with Crippen molar-refractivity contribution < 1.29 is 9.53 Å². The molecule has 7 heteroatoms. The van der Waals surface area contributed by atoms with Gasteiger partial charge in [0.2, 0.25) is 5.16 Å². The van der Waals surface area contributed by atoms with E-state index < -0.39 is 0 Å². The number of rotatable bonds is 4. The van der Waals surface area contributed by atoms with Crippen molar-refractivity contribution in [2.75, 3.05) is 18.8 Å². The van der Waals surface area contributed by atoms with Crippen LogP contribution in [-0.2, 0) is 0 Å². The summed E-state index contributed by atoms with van der Waals surface area (Å²) in [6, 6.07) is 11.5. The van der Waals surface area contributed by atoms with E-state index in [1.54, 1.807) is 18.7 Å². The van der Waals surface area contributed by atoms with Crippen LogP contribution in [0.3, 0.4) is 0 Å². The number of carbonyl (C=O) groups excluding carboxylic acids is 1. The van der Waals surface area contributed by atoms with E-state index in [4.69, 9.17) is 4.74 Å². The number of nitrogens with one attached hydrogen (secondary N) is 1. The normalized spacial score (nSPS) is 10.7. The van der Waals surface area contributed by atoms with Crippen LogP contribution in [0.1, 0.15) is 16.2 Å². The molecule has 0 atom stereocenters. The van der Waals surface area contributed by atoms with E-state index in [1.807, 2.05) is 42.7 Å². The zero-order valence-corrected chi connectivity index (χ0v) is 13.8. The smallest absolute Gasteiger partial charge is 0.274 e. The Bertz CT molecular complexity index is 876. The monoisotopic (exact) mass is 328 g/mol. The number of fused-ring (bicyclic) bond motifs is 1. The third kappa shape index (κ3) is 2.87. The molecule has 3 rings (SSSR count). The molecule has 0 saturated carbocycles. The summed E-state index contributed by atoms with van der Waals surface area (Å²) < 4.78 is 6.95. The molecule has 0 spiro atoms. The first kappa shape index (κ1) is 15.4. The van der Waals surface area contributed by atoms with Crippen LogP contribution in [0.25, 0.3) is 10.8 Å². The highest BCUT2D eigenvalue weighted by atomic mass is 32.2. The van der Waals surface area contributed by atoms with Gasteiger partial charge in [0.15, 0.2) is 0 Å². The van der Waals surface area contributed by atoms with E-state index in [-0.39, 0.29) is 5.91 Å². The Balaban J connectivity index is 2.01. The fourth-order valence-electron chi connectivity index (χ4n) is 2.33. The van der Waals surface area contributed by atoms with Crippen molar-refractivity contribution in [3.8, 4) is 5.75 Å². The Kier molecular flexibility index (Phi) is 4.20. The minimum absolute atomic E-state index is 0.272. The lowest BCUT2D eigenvalue weighted by atomic mass is 10.1. The van der Waals surface area contributed by atoms with Gasteiger partial charge < -0.3 is 4.74 Å². The molecule has 0 aliphatic rings. The number of hydrogen-bond donors (Lipinski definition) is 1. The molecule has 0 saturated heterocycles. The molecule has 1 heterocycles. The first-order chi connectivity index (χ1) is 11.1. The summed E-state index contributed by atoms with van der Waals surface area (Å²) in [4.78, 5) is 12.7. The van der Waals surface area contributed by atoms with Crippen molar-refractivity contribution in [1.29, 1.82) is 0 Å². The SMILES string of the molecule is COc1cc2ccccc2cc1C(=O)Nn1c(C)nnc1SC. The number of ether oxygens (including phenoxy) is 1. The van der Waals surface area contributed by atoms with Gasteiger partial charge in [0.1, 0.15) is 11.6 Å². The van der Waals surface area contributed by atoms with Gasteiger partial charge in [-0.2, -0.15) is 0 Å². The fraction of sp³-hybridized carbons (Fsp3) is 0.188. The van der Waals surface area contributed by atoms with Gasteiger partial charge >= 0.3 is 0 Å². The number of aryl methyl sites for hydroxylation is 1. The van der Waals surface area contributed by atoms with Crippen molar-refractivity contribution in [3.05, 3.63) is 47.8 Å². The highest BCUT2D eigenvalue weighted by Crippen LogP contribution is 2.26. The maximum absolute atomic E-state index is 12.7. The molecule has 118 valence electrons. The number of benzene rings is 2. The zero-order chi connectivity index (χ0) is 16.4. The molecule has 2 aromatic carbocycles. The summed E-state index contributed by atoms with van der Waals surface area (Å²) in [5, 5.41) is 10.6. The molecule has 1 aromatic heterocycles. The Labute approximate surface area is 137 Å². The van der Waals surface area contributed by atoms with Gasteiger partial charge in [-0.25, -0.2) is 4.68 Å². The largest absolute Gasteiger partial charge is 0.496 e. The fourth-order valence-corrected chi connectivity index (χ4v) is 2.81. The van der Waals surface area contributed by atoms with E-state index in [2.05, 4.69) is 15.6 Å². The highest BCUT2D eigenvalue weighted by molar-refractivity contribution is 7.98. The number of thioether (sulfide) groups is 1. The molecule has 0 bridgehead atoms. The summed E-state index contributed by atoms with van der Waals surface area (Å²) in [6.07, 6.45) is 1.88. The van der Waals surface area contributed by atoms with Crippen LogP contribution < -0.4 is 10.2 Å². The maximum Gasteiger partial charge on any atom is 0.274 e. The van der Waals surface area contributed by atoms with Crippen LogP contribution in [0, 0.1) is 6.92 Å².